The van der Waals surface area contributed by atoms with Gasteiger partial charge in [0, 0.05) is 18.6 Å². The van der Waals surface area contributed by atoms with E-state index in [0.29, 0.717) is 5.54 Å². The molecule has 0 N–H and O–H groups in total. The smallest absolute Gasteiger partial charge is 0.0182 e. The molecule has 0 radical (unpaired) electrons. The Balaban J connectivity index is 2.61. The molecule has 82 valence electrons. The SMILES string of the molecule is CCCC(C)(CC)N1CC=C(C)CC1. The Morgan fingerprint density at radius 1 is 1.43 bits per heavy atom. The molecular formula is C13H25N. The molecule has 1 heteroatoms. The lowest BCUT2D eigenvalue weighted by molar-refractivity contribution is 0.0986. The minimum Gasteiger partial charge on any atom is -0.294 e. The predicted octanol–water partition coefficient (Wildman–Crippen LogP) is 3.61. The third kappa shape index (κ3) is 2.60. The first kappa shape index (κ1) is 11.8. The van der Waals surface area contributed by atoms with Crippen LogP contribution in [0.15, 0.2) is 11.6 Å². The van der Waals surface area contributed by atoms with Crippen LogP contribution in [0, 0.1) is 0 Å². The van der Waals surface area contributed by atoms with Gasteiger partial charge in [-0.15, -0.1) is 0 Å². The summed E-state index contributed by atoms with van der Waals surface area (Å²) in [6.07, 6.45) is 7.56. The summed E-state index contributed by atoms with van der Waals surface area (Å²) in [5, 5.41) is 0. The molecule has 0 bridgehead atoms. The maximum Gasteiger partial charge on any atom is 0.0182 e. The van der Waals surface area contributed by atoms with Gasteiger partial charge < -0.3 is 0 Å². The van der Waals surface area contributed by atoms with Gasteiger partial charge in [-0.25, -0.2) is 0 Å². The van der Waals surface area contributed by atoms with Crippen molar-refractivity contribution in [2.75, 3.05) is 13.1 Å². The lowest BCUT2D eigenvalue weighted by Crippen LogP contribution is -2.47. The van der Waals surface area contributed by atoms with Gasteiger partial charge >= 0.3 is 0 Å². The molecule has 0 aromatic carbocycles. The second-order valence-electron chi connectivity index (χ2n) is 4.85. The van der Waals surface area contributed by atoms with Crippen LogP contribution in [0.2, 0.25) is 0 Å². The molecular weight excluding hydrogens is 170 g/mol. The standard InChI is InChI=1S/C13H25N/c1-5-9-13(4,6-2)14-10-7-12(3)8-11-14/h7H,5-6,8-11H2,1-4H3. The van der Waals surface area contributed by atoms with Crippen LogP contribution in [0.1, 0.15) is 53.4 Å². The number of hydrogen-bond donors (Lipinski definition) is 0. The van der Waals surface area contributed by atoms with Crippen LogP contribution >= 0.6 is 0 Å². The fourth-order valence-electron chi connectivity index (χ4n) is 2.36. The zero-order chi connectivity index (χ0) is 10.6. The van der Waals surface area contributed by atoms with E-state index in [4.69, 9.17) is 0 Å². The average molecular weight is 195 g/mol. The number of hydrogen-bond acceptors (Lipinski definition) is 1. The van der Waals surface area contributed by atoms with Crippen molar-refractivity contribution < 1.29 is 0 Å². The summed E-state index contributed by atoms with van der Waals surface area (Å²) in [6.45, 7) is 11.7. The Labute approximate surface area is 89.2 Å². The molecule has 0 saturated heterocycles. The molecule has 0 fully saturated rings. The van der Waals surface area contributed by atoms with Gasteiger partial charge in [-0.2, -0.15) is 0 Å². The zero-order valence-corrected chi connectivity index (χ0v) is 10.3. The van der Waals surface area contributed by atoms with Crippen LogP contribution in [-0.4, -0.2) is 23.5 Å². The van der Waals surface area contributed by atoms with Gasteiger partial charge in [-0.1, -0.05) is 31.9 Å². The number of rotatable bonds is 4. The summed E-state index contributed by atoms with van der Waals surface area (Å²) in [7, 11) is 0. The number of nitrogens with zero attached hydrogens (tertiary/aromatic N) is 1. The van der Waals surface area contributed by atoms with E-state index in [0.717, 1.165) is 6.54 Å². The van der Waals surface area contributed by atoms with E-state index >= 15 is 0 Å². The molecule has 1 aliphatic rings. The van der Waals surface area contributed by atoms with Gasteiger partial charge in [0.05, 0.1) is 0 Å². The van der Waals surface area contributed by atoms with Crippen LogP contribution in [0.5, 0.6) is 0 Å². The summed E-state index contributed by atoms with van der Waals surface area (Å²) in [4.78, 5) is 2.66. The molecule has 1 unspecified atom stereocenters. The molecule has 1 heterocycles. The molecule has 1 aliphatic heterocycles. The van der Waals surface area contributed by atoms with Crippen LogP contribution in [0.4, 0.5) is 0 Å². The Kier molecular flexibility index (Phi) is 4.18. The molecule has 1 rings (SSSR count). The van der Waals surface area contributed by atoms with Crippen LogP contribution in [0.25, 0.3) is 0 Å². The molecule has 0 amide bonds. The van der Waals surface area contributed by atoms with Crippen LogP contribution in [0.3, 0.4) is 0 Å². The topological polar surface area (TPSA) is 3.24 Å². The Hall–Kier alpha value is -0.300. The van der Waals surface area contributed by atoms with Crippen molar-refractivity contribution >= 4 is 0 Å². The van der Waals surface area contributed by atoms with Gasteiger partial charge in [0.1, 0.15) is 0 Å². The summed E-state index contributed by atoms with van der Waals surface area (Å²) in [5.74, 6) is 0. The third-order valence-electron chi connectivity index (χ3n) is 3.75. The van der Waals surface area contributed by atoms with E-state index in [1.54, 1.807) is 5.57 Å². The first-order valence-corrected chi connectivity index (χ1v) is 6.03. The lowest BCUT2D eigenvalue weighted by Gasteiger charge is -2.42. The van der Waals surface area contributed by atoms with Crippen molar-refractivity contribution in [2.24, 2.45) is 0 Å². The highest BCUT2D eigenvalue weighted by Crippen LogP contribution is 2.27. The largest absolute Gasteiger partial charge is 0.294 e. The normalized spacial score (nSPS) is 23.0. The third-order valence-corrected chi connectivity index (χ3v) is 3.75. The lowest BCUT2D eigenvalue weighted by atomic mass is 9.89. The van der Waals surface area contributed by atoms with Crippen molar-refractivity contribution in [3.05, 3.63) is 11.6 Å². The molecule has 0 spiro atoms. The summed E-state index contributed by atoms with van der Waals surface area (Å²) in [6, 6.07) is 0. The predicted molar refractivity (Wildman–Crippen MR) is 63.6 cm³/mol. The first-order chi connectivity index (χ1) is 6.62. The van der Waals surface area contributed by atoms with Crippen LogP contribution < -0.4 is 0 Å². The van der Waals surface area contributed by atoms with Gasteiger partial charge in [-0.3, -0.25) is 4.90 Å². The van der Waals surface area contributed by atoms with Crippen LogP contribution in [-0.2, 0) is 0 Å². The first-order valence-electron chi connectivity index (χ1n) is 6.03. The van der Waals surface area contributed by atoms with E-state index < -0.39 is 0 Å². The molecule has 0 aromatic heterocycles. The van der Waals surface area contributed by atoms with Crippen molar-refractivity contribution in [1.29, 1.82) is 0 Å². The Morgan fingerprint density at radius 3 is 2.57 bits per heavy atom. The van der Waals surface area contributed by atoms with E-state index in [9.17, 15) is 0 Å². The maximum absolute atomic E-state index is 2.66. The van der Waals surface area contributed by atoms with Crippen molar-refractivity contribution in [3.8, 4) is 0 Å². The highest BCUT2D eigenvalue weighted by atomic mass is 15.2. The van der Waals surface area contributed by atoms with Gasteiger partial charge in [-0.05, 0) is 33.1 Å². The summed E-state index contributed by atoms with van der Waals surface area (Å²) in [5.41, 5.74) is 2.00. The molecule has 1 atom stereocenters. The van der Waals surface area contributed by atoms with Crippen molar-refractivity contribution in [1.82, 2.24) is 4.90 Å². The molecule has 0 saturated carbocycles. The quantitative estimate of drug-likeness (QED) is 0.619. The van der Waals surface area contributed by atoms with E-state index in [1.165, 1.54) is 32.2 Å². The van der Waals surface area contributed by atoms with E-state index in [-0.39, 0.29) is 0 Å². The monoisotopic (exact) mass is 195 g/mol. The van der Waals surface area contributed by atoms with Crippen molar-refractivity contribution in [3.63, 3.8) is 0 Å². The maximum atomic E-state index is 2.66. The Bertz CT molecular complexity index is 207. The second-order valence-corrected chi connectivity index (χ2v) is 4.85. The molecule has 0 aromatic rings. The molecule has 0 aliphatic carbocycles. The average Bonchev–Trinajstić information content (AvgIpc) is 2.19. The second kappa shape index (κ2) is 4.97. The van der Waals surface area contributed by atoms with E-state index in [2.05, 4.69) is 38.7 Å². The molecule has 14 heavy (non-hydrogen) atoms. The minimum atomic E-state index is 0.436. The highest BCUT2D eigenvalue weighted by Gasteiger charge is 2.29. The summed E-state index contributed by atoms with van der Waals surface area (Å²) >= 11 is 0. The van der Waals surface area contributed by atoms with Gasteiger partial charge in [0.2, 0.25) is 0 Å². The zero-order valence-electron chi connectivity index (χ0n) is 10.3. The fraction of sp³-hybridized carbons (Fsp3) is 0.846. The van der Waals surface area contributed by atoms with E-state index in [1.807, 2.05) is 0 Å². The minimum absolute atomic E-state index is 0.436. The highest BCUT2D eigenvalue weighted by molar-refractivity contribution is 5.06. The van der Waals surface area contributed by atoms with Gasteiger partial charge in [0.15, 0.2) is 0 Å². The molecule has 1 nitrogen and oxygen atoms in total. The summed E-state index contributed by atoms with van der Waals surface area (Å²) < 4.78 is 0. The Morgan fingerprint density at radius 2 is 2.14 bits per heavy atom. The fourth-order valence-corrected chi connectivity index (χ4v) is 2.36. The van der Waals surface area contributed by atoms with Crippen molar-refractivity contribution in [2.45, 2.75) is 58.9 Å². The van der Waals surface area contributed by atoms with Gasteiger partial charge in [0.25, 0.3) is 0 Å².